The second kappa shape index (κ2) is 5.74. The number of nitrogens with one attached hydrogen (secondary N) is 1. The number of rotatable bonds is 4. The number of halogens is 1. The van der Waals surface area contributed by atoms with Gasteiger partial charge in [-0.15, -0.1) is 0 Å². The molecule has 0 bridgehead atoms. The fourth-order valence-corrected chi connectivity index (χ4v) is 2.04. The summed E-state index contributed by atoms with van der Waals surface area (Å²) in [6.07, 6.45) is -0.347. The lowest BCUT2D eigenvalue weighted by Crippen LogP contribution is -2.06. The first-order valence-corrected chi connectivity index (χ1v) is 6.31. The summed E-state index contributed by atoms with van der Waals surface area (Å²) in [6.45, 7) is 3.96. The molecule has 2 rings (SSSR count). The van der Waals surface area contributed by atoms with Crippen molar-refractivity contribution in [3.63, 3.8) is 0 Å². The lowest BCUT2D eigenvalue weighted by Gasteiger charge is -2.14. The van der Waals surface area contributed by atoms with Gasteiger partial charge in [0.2, 0.25) is 0 Å². The lowest BCUT2D eigenvalue weighted by molar-refractivity contribution is -0.136. The first-order chi connectivity index (χ1) is 9.49. The molecule has 20 heavy (non-hydrogen) atoms. The van der Waals surface area contributed by atoms with Crippen LogP contribution in [0.25, 0.3) is 0 Å². The number of aryl methyl sites for hydroxylation is 1. The summed E-state index contributed by atoms with van der Waals surface area (Å²) in [5, 5.41) is 12.0. The van der Waals surface area contributed by atoms with E-state index < -0.39 is 11.8 Å². The van der Waals surface area contributed by atoms with E-state index in [1.165, 1.54) is 6.07 Å². The Labute approximate surface area is 117 Å². The highest BCUT2D eigenvalue weighted by atomic mass is 19.1. The van der Waals surface area contributed by atoms with Crippen molar-refractivity contribution in [3.05, 3.63) is 58.9 Å². The minimum atomic E-state index is -1.06. The van der Waals surface area contributed by atoms with Crippen LogP contribution in [-0.2, 0) is 11.2 Å². The number of carboxylic acids is 1. The first-order valence-electron chi connectivity index (χ1n) is 6.31. The van der Waals surface area contributed by atoms with Gasteiger partial charge in [-0.2, -0.15) is 0 Å². The van der Waals surface area contributed by atoms with Gasteiger partial charge in [0.15, 0.2) is 0 Å². The molecule has 0 aliphatic heterocycles. The normalized spacial score (nSPS) is 10.3. The molecule has 0 unspecified atom stereocenters. The maximum absolute atomic E-state index is 13.8. The van der Waals surface area contributed by atoms with Gasteiger partial charge in [-0.3, -0.25) is 4.79 Å². The Morgan fingerprint density at radius 3 is 2.50 bits per heavy atom. The summed E-state index contributed by atoms with van der Waals surface area (Å²) in [5.41, 5.74) is 3.67. The number of carboxylic acid groups (broad SMARTS) is 1. The summed E-state index contributed by atoms with van der Waals surface area (Å²) >= 11 is 0. The minimum absolute atomic E-state index is 0.168. The predicted octanol–water partition coefficient (Wildman–Crippen LogP) is 3.81. The highest BCUT2D eigenvalue weighted by Crippen LogP contribution is 2.27. The van der Waals surface area contributed by atoms with Gasteiger partial charge in [-0.1, -0.05) is 18.2 Å². The molecule has 0 spiro atoms. The predicted molar refractivity (Wildman–Crippen MR) is 76.9 cm³/mol. The summed E-state index contributed by atoms with van der Waals surface area (Å²) in [6, 6.07) is 10.3. The van der Waals surface area contributed by atoms with Crippen molar-refractivity contribution in [2.24, 2.45) is 0 Å². The molecule has 104 valence electrons. The van der Waals surface area contributed by atoms with Gasteiger partial charge in [-0.25, -0.2) is 4.39 Å². The largest absolute Gasteiger partial charge is 0.481 e. The molecule has 0 saturated carbocycles. The van der Waals surface area contributed by atoms with Crippen molar-refractivity contribution >= 4 is 17.3 Å². The van der Waals surface area contributed by atoms with Crippen LogP contribution in [0.2, 0.25) is 0 Å². The molecule has 2 N–H and O–H groups in total. The van der Waals surface area contributed by atoms with Crippen LogP contribution >= 0.6 is 0 Å². The zero-order chi connectivity index (χ0) is 14.7. The van der Waals surface area contributed by atoms with Gasteiger partial charge in [0.1, 0.15) is 5.82 Å². The van der Waals surface area contributed by atoms with Crippen LogP contribution in [0.4, 0.5) is 15.8 Å². The fraction of sp³-hybridized carbons (Fsp3) is 0.188. The van der Waals surface area contributed by atoms with Crippen molar-refractivity contribution < 1.29 is 14.3 Å². The topological polar surface area (TPSA) is 49.3 Å². The third kappa shape index (κ3) is 2.96. The number of aliphatic carboxylic acids is 1. The fourth-order valence-electron chi connectivity index (χ4n) is 2.04. The van der Waals surface area contributed by atoms with Crippen LogP contribution in [0.5, 0.6) is 0 Å². The van der Waals surface area contributed by atoms with Gasteiger partial charge in [0.05, 0.1) is 6.42 Å². The van der Waals surface area contributed by atoms with E-state index in [0.717, 1.165) is 16.8 Å². The highest BCUT2D eigenvalue weighted by molar-refractivity contribution is 5.76. The van der Waals surface area contributed by atoms with Gasteiger partial charge >= 0.3 is 5.97 Å². The van der Waals surface area contributed by atoms with Crippen LogP contribution in [0.3, 0.4) is 0 Å². The first kappa shape index (κ1) is 14.1. The van der Waals surface area contributed by atoms with Crippen molar-refractivity contribution in [1.29, 1.82) is 0 Å². The van der Waals surface area contributed by atoms with E-state index in [1.807, 2.05) is 32.0 Å². The smallest absolute Gasteiger partial charge is 0.308 e. The number of benzene rings is 2. The quantitative estimate of drug-likeness (QED) is 0.890. The molecule has 3 nitrogen and oxygen atoms in total. The number of hydrogen-bond acceptors (Lipinski definition) is 2. The summed E-state index contributed by atoms with van der Waals surface area (Å²) in [7, 11) is 0. The molecule has 0 amide bonds. The Morgan fingerprint density at radius 1 is 1.15 bits per heavy atom. The van der Waals surface area contributed by atoms with E-state index in [1.54, 1.807) is 12.1 Å². The van der Waals surface area contributed by atoms with Crippen molar-refractivity contribution in [2.45, 2.75) is 20.3 Å². The Balaban J connectivity index is 2.41. The molecule has 0 saturated heterocycles. The third-order valence-corrected chi connectivity index (χ3v) is 3.32. The zero-order valence-electron chi connectivity index (χ0n) is 11.4. The van der Waals surface area contributed by atoms with Crippen LogP contribution in [0.15, 0.2) is 36.4 Å². The summed E-state index contributed by atoms with van der Waals surface area (Å²) in [4.78, 5) is 10.9. The number of anilines is 2. The Kier molecular flexibility index (Phi) is 4.03. The molecular weight excluding hydrogens is 257 g/mol. The number of hydrogen-bond donors (Lipinski definition) is 2. The average Bonchev–Trinajstić information content (AvgIpc) is 2.38. The summed E-state index contributed by atoms with van der Waals surface area (Å²) in [5.74, 6) is -1.57. The van der Waals surface area contributed by atoms with E-state index >= 15 is 0 Å². The van der Waals surface area contributed by atoms with Crippen LogP contribution in [0, 0.1) is 19.7 Å². The lowest BCUT2D eigenvalue weighted by atomic mass is 10.1. The standard InChI is InChI=1S/C16H16FNO2/c1-10-5-3-7-14(11(10)2)18-15-8-4-6-13(17)12(15)9-16(19)20/h3-8,18H,9H2,1-2H3,(H,19,20). The van der Waals surface area contributed by atoms with Crippen molar-refractivity contribution in [1.82, 2.24) is 0 Å². The second-order valence-corrected chi connectivity index (χ2v) is 4.71. The molecule has 0 atom stereocenters. The van der Waals surface area contributed by atoms with E-state index in [4.69, 9.17) is 5.11 Å². The third-order valence-electron chi connectivity index (χ3n) is 3.32. The van der Waals surface area contributed by atoms with Gasteiger partial charge in [-0.05, 0) is 43.2 Å². The van der Waals surface area contributed by atoms with Crippen molar-refractivity contribution in [2.75, 3.05) is 5.32 Å². The molecule has 0 aromatic heterocycles. The Hall–Kier alpha value is -2.36. The SMILES string of the molecule is Cc1cccc(Nc2cccc(F)c2CC(=O)O)c1C. The molecule has 0 aliphatic rings. The number of carbonyl (C=O) groups is 1. The Morgan fingerprint density at radius 2 is 1.80 bits per heavy atom. The average molecular weight is 273 g/mol. The van der Waals surface area contributed by atoms with E-state index in [0.29, 0.717) is 5.69 Å². The van der Waals surface area contributed by atoms with Gasteiger partial charge in [0, 0.05) is 16.9 Å². The molecule has 2 aromatic carbocycles. The molecule has 0 fully saturated rings. The minimum Gasteiger partial charge on any atom is -0.481 e. The molecule has 0 heterocycles. The molecule has 0 aliphatic carbocycles. The molecule has 0 radical (unpaired) electrons. The van der Waals surface area contributed by atoms with Crippen LogP contribution < -0.4 is 5.32 Å². The summed E-state index contributed by atoms with van der Waals surface area (Å²) < 4.78 is 13.8. The maximum atomic E-state index is 13.8. The second-order valence-electron chi connectivity index (χ2n) is 4.71. The van der Waals surface area contributed by atoms with E-state index in [9.17, 15) is 9.18 Å². The monoisotopic (exact) mass is 273 g/mol. The molecular formula is C16H16FNO2. The van der Waals surface area contributed by atoms with Crippen molar-refractivity contribution in [3.8, 4) is 0 Å². The van der Waals surface area contributed by atoms with Gasteiger partial charge in [0.25, 0.3) is 0 Å². The van der Waals surface area contributed by atoms with Gasteiger partial charge < -0.3 is 10.4 Å². The highest BCUT2D eigenvalue weighted by Gasteiger charge is 2.13. The molecule has 4 heteroatoms. The zero-order valence-corrected chi connectivity index (χ0v) is 11.4. The molecule has 2 aromatic rings. The van der Waals surface area contributed by atoms with Crippen LogP contribution in [0.1, 0.15) is 16.7 Å². The maximum Gasteiger partial charge on any atom is 0.308 e. The van der Waals surface area contributed by atoms with Crippen LogP contribution in [-0.4, -0.2) is 11.1 Å². The van der Waals surface area contributed by atoms with E-state index in [-0.39, 0.29) is 12.0 Å². The Bertz CT molecular complexity index is 653. The van der Waals surface area contributed by atoms with E-state index in [2.05, 4.69) is 5.32 Å².